The highest BCUT2D eigenvalue weighted by molar-refractivity contribution is 7.64. The number of aliphatic hydroxyl groups is 1. The van der Waals surface area contributed by atoms with Gasteiger partial charge < -0.3 is 22.2 Å². The SMILES string of the molecule is CCCC[N+](CCO)(CCCC)CCCC.N#C[S-]. The predicted molar refractivity (Wildman–Crippen MR) is 84.5 cm³/mol. The van der Waals surface area contributed by atoms with E-state index in [9.17, 15) is 5.11 Å². The third-order valence-electron chi connectivity index (χ3n) is 3.53. The van der Waals surface area contributed by atoms with Gasteiger partial charge in [0.1, 0.15) is 6.54 Å². The van der Waals surface area contributed by atoms with Crippen LogP contribution in [0.5, 0.6) is 0 Å². The molecule has 0 rings (SSSR count). The van der Waals surface area contributed by atoms with Crippen LogP contribution < -0.4 is 0 Å². The lowest BCUT2D eigenvalue weighted by molar-refractivity contribution is -0.929. The average molecular weight is 289 g/mol. The molecule has 0 aromatic rings. The van der Waals surface area contributed by atoms with Crippen molar-refractivity contribution in [1.82, 2.24) is 0 Å². The van der Waals surface area contributed by atoms with Gasteiger partial charge in [-0.25, -0.2) is 5.26 Å². The van der Waals surface area contributed by atoms with E-state index in [2.05, 4.69) is 33.4 Å². The van der Waals surface area contributed by atoms with Crippen LogP contribution in [0.1, 0.15) is 59.3 Å². The monoisotopic (exact) mass is 288 g/mol. The number of nitriles is 1. The summed E-state index contributed by atoms with van der Waals surface area (Å²) in [5.41, 5.74) is 0. The Labute approximate surface area is 125 Å². The molecule has 3 nitrogen and oxygen atoms in total. The third kappa shape index (κ3) is 12.4. The van der Waals surface area contributed by atoms with Gasteiger partial charge in [0, 0.05) is 0 Å². The first kappa shape index (κ1) is 20.9. The molecule has 1 N–H and O–H groups in total. The van der Waals surface area contributed by atoms with Crippen molar-refractivity contribution in [2.75, 3.05) is 32.8 Å². The van der Waals surface area contributed by atoms with Crippen molar-refractivity contribution >= 4 is 12.6 Å². The Kier molecular flexibility index (Phi) is 17.3. The highest BCUT2D eigenvalue weighted by Crippen LogP contribution is 2.14. The van der Waals surface area contributed by atoms with Crippen molar-refractivity contribution in [3.8, 4) is 5.40 Å². The molecule has 0 saturated carbocycles. The summed E-state index contributed by atoms with van der Waals surface area (Å²) in [7, 11) is 0. The zero-order valence-electron chi connectivity index (χ0n) is 13.0. The van der Waals surface area contributed by atoms with Crippen molar-refractivity contribution in [2.24, 2.45) is 0 Å². The van der Waals surface area contributed by atoms with Gasteiger partial charge in [0.15, 0.2) is 0 Å². The summed E-state index contributed by atoms with van der Waals surface area (Å²) in [5, 5.41) is 17.8. The quantitative estimate of drug-likeness (QED) is 0.361. The van der Waals surface area contributed by atoms with E-state index in [0.29, 0.717) is 6.61 Å². The Hall–Kier alpha value is -0.370. The molecule has 0 aliphatic carbocycles. The summed E-state index contributed by atoms with van der Waals surface area (Å²) in [6.45, 7) is 11.9. The van der Waals surface area contributed by atoms with E-state index in [1.807, 2.05) is 0 Å². The van der Waals surface area contributed by atoms with Crippen molar-refractivity contribution in [2.45, 2.75) is 59.3 Å². The number of quaternary nitrogens is 1. The average Bonchev–Trinajstić information content (AvgIpc) is 2.41. The molecule has 0 aliphatic rings. The summed E-state index contributed by atoms with van der Waals surface area (Å²) >= 11 is 3.70. The van der Waals surface area contributed by atoms with Crippen LogP contribution in [-0.2, 0) is 12.6 Å². The molecule has 0 unspecified atom stereocenters. The molecule has 0 radical (unpaired) electrons. The van der Waals surface area contributed by atoms with Gasteiger partial charge in [0.05, 0.1) is 26.2 Å². The normalized spacial score (nSPS) is 10.5. The summed E-state index contributed by atoms with van der Waals surface area (Å²) in [4.78, 5) is 0. The van der Waals surface area contributed by atoms with Crippen LogP contribution in [0.3, 0.4) is 0 Å². The minimum Gasteiger partial charge on any atom is -0.696 e. The summed E-state index contributed by atoms with van der Waals surface area (Å²) < 4.78 is 1.16. The first-order valence-corrected chi connectivity index (χ1v) is 8.04. The molecule has 0 amide bonds. The molecular formula is C15H32N2OS. The molecule has 0 aliphatic heterocycles. The topological polar surface area (TPSA) is 44.0 Å². The largest absolute Gasteiger partial charge is 0.696 e. The van der Waals surface area contributed by atoms with Crippen molar-refractivity contribution in [1.29, 1.82) is 5.26 Å². The molecule has 19 heavy (non-hydrogen) atoms. The molecule has 0 aromatic heterocycles. The van der Waals surface area contributed by atoms with Crippen LogP contribution in [-0.4, -0.2) is 42.4 Å². The maximum atomic E-state index is 9.28. The van der Waals surface area contributed by atoms with Gasteiger partial charge >= 0.3 is 0 Å². The fourth-order valence-electron chi connectivity index (χ4n) is 2.36. The Balaban J connectivity index is 0. The second kappa shape index (κ2) is 15.7. The molecule has 0 atom stereocenters. The van der Waals surface area contributed by atoms with Crippen molar-refractivity contribution < 1.29 is 9.59 Å². The Bertz CT molecular complexity index is 195. The lowest BCUT2D eigenvalue weighted by Crippen LogP contribution is -2.51. The molecule has 114 valence electrons. The first-order chi connectivity index (χ1) is 9.16. The predicted octanol–water partition coefficient (Wildman–Crippen LogP) is 3.21. The summed E-state index contributed by atoms with van der Waals surface area (Å²) in [6.07, 6.45) is 7.70. The van der Waals surface area contributed by atoms with Crippen LogP contribution in [0.2, 0.25) is 0 Å². The maximum absolute atomic E-state index is 9.28. The van der Waals surface area contributed by atoms with Crippen LogP contribution in [0, 0.1) is 10.7 Å². The van der Waals surface area contributed by atoms with Crippen LogP contribution >= 0.6 is 0 Å². The van der Waals surface area contributed by atoms with Gasteiger partial charge in [-0.1, -0.05) is 45.4 Å². The summed E-state index contributed by atoms with van der Waals surface area (Å²) in [5.74, 6) is 0. The van der Waals surface area contributed by atoms with Gasteiger partial charge in [0.2, 0.25) is 0 Å². The Morgan fingerprint density at radius 2 is 1.21 bits per heavy atom. The number of aliphatic hydroxyl groups excluding tert-OH is 1. The van der Waals surface area contributed by atoms with Gasteiger partial charge in [-0.15, -0.1) is 0 Å². The molecule has 0 spiro atoms. The minimum absolute atomic E-state index is 0.344. The number of thiocyanates is 1. The molecule has 0 bridgehead atoms. The molecule has 4 heteroatoms. The van der Waals surface area contributed by atoms with Gasteiger partial charge in [-0.05, 0) is 19.3 Å². The van der Waals surface area contributed by atoms with E-state index in [-0.39, 0.29) is 0 Å². The maximum Gasteiger partial charge on any atom is 0.102 e. The van der Waals surface area contributed by atoms with Crippen molar-refractivity contribution in [3.05, 3.63) is 0 Å². The van der Waals surface area contributed by atoms with Crippen molar-refractivity contribution in [3.63, 3.8) is 0 Å². The first-order valence-electron chi connectivity index (χ1n) is 7.63. The Morgan fingerprint density at radius 3 is 1.42 bits per heavy atom. The molecule has 0 fully saturated rings. The van der Waals surface area contributed by atoms with E-state index in [1.165, 1.54) is 63.6 Å². The second-order valence-corrected chi connectivity index (χ2v) is 5.29. The van der Waals surface area contributed by atoms with Gasteiger partial charge in [0.25, 0.3) is 0 Å². The number of hydrogen-bond acceptors (Lipinski definition) is 3. The van der Waals surface area contributed by atoms with E-state index in [1.54, 1.807) is 0 Å². The molecular weight excluding hydrogens is 256 g/mol. The Morgan fingerprint density at radius 1 is 0.895 bits per heavy atom. The second-order valence-electron chi connectivity index (χ2n) is 5.11. The zero-order chi connectivity index (χ0) is 15.0. The summed E-state index contributed by atoms with van der Waals surface area (Å²) in [6, 6.07) is 0. The van der Waals surface area contributed by atoms with Crippen LogP contribution in [0.4, 0.5) is 0 Å². The van der Waals surface area contributed by atoms with Crippen LogP contribution in [0.25, 0.3) is 0 Å². The lowest BCUT2D eigenvalue weighted by Gasteiger charge is -2.38. The highest BCUT2D eigenvalue weighted by Gasteiger charge is 2.24. The standard InChI is InChI=1S/C14H32NO.CHNS/c1-4-7-10-15(13-14-16,11-8-5-2)12-9-6-3;2-1-3/h16H,4-14H2,1-3H3;3H/q+1;/p-1. The fraction of sp³-hybridized carbons (Fsp3) is 0.933. The van der Waals surface area contributed by atoms with E-state index >= 15 is 0 Å². The number of nitrogens with zero attached hydrogens (tertiary/aromatic N) is 2. The van der Waals surface area contributed by atoms with Crippen LogP contribution in [0.15, 0.2) is 0 Å². The molecule has 0 aromatic carbocycles. The van der Waals surface area contributed by atoms with E-state index < -0.39 is 0 Å². The number of unbranched alkanes of at least 4 members (excludes halogenated alkanes) is 3. The number of hydrogen-bond donors (Lipinski definition) is 1. The fourth-order valence-corrected chi connectivity index (χ4v) is 2.36. The molecule has 0 saturated heterocycles. The third-order valence-corrected chi connectivity index (χ3v) is 3.53. The number of rotatable bonds is 11. The minimum atomic E-state index is 0.344. The highest BCUT2D eigenvalue weighted by atomic mass is 32.1. The van der Waals surface area contributed by atoms with Gasteiger partial charge in [-0.2, -0.15) is 0 Å². The smallest absolute Gasteiger partial charge is 0.102 e. The van der Waals surface area contributed by atoms with Gasteiger partial charge in [-0.3, -0.25) is 0 Å². The van der Waals surface area contributed by atoms with E-state index in [0.717, 1.165) is 11.0 Å². The lowest BCUT2D eigenvalue weighted by atomic mass is 10.1. The molecule has 0 heterocycles. The van der Waals surface area contributed by atoms with E-state index in [4.69, 9.17) is 5.26 Å². The zero-order valence-corrected chi connectivity index (χ0v) is 13.8.